The highest BCUT2D eigenvalue weighted by Crippen LogP contribution is 2.19. The molecular formula is C17H23NO2. The van der Waals surface area contributed by atoms with Gasteiger partial charge in [0.1, 0.15) is 0 Å². The third kappa shape index (κ3) is 4.82. The highest BCUT2D eigenvalue weighted by molar-refractivity contribution is 5.70. The first-order valence-electron chi connectivity index (χ1n) is 7.43. The predicted molar refractivity (Wildman–Crippen MR) is 80.7 cm³/mol. The van der Waals surface area contributed by atoms with Crippen LogP contribution in [0.25, 0.3) is 0 Å². The normalized spacial score (nSPS) is 14.9. The Morgan fingerprint density at radius 1 is 1.20 bits per heavy atom. The maximum atomic E-state index is 10.8. The zero-order valence-corrected chi connectivity index (χ0v) is 11.9. The van der Waals surface area contributed by atoms with Gasteiger partial charge in [0.25, 0.3) is 0 Å². The monoisotopic (exact) mass is 273 g/mol. The van der Waals surface area contributed by atoms with Gasteiger partial charge in [-0.1, -0.05) is 35.9 Å². The van der Waals surface area contributed by atoms with Crippen molar-refractivity contribution < 1.29 is 9.90 Å². The van der Waals surface area contributed by atoms with Crippen LogP contribution in [0.15, 0.2) is 35.9 Å². The van der Waals surface area contributed by atoms with Crippen LogP contribution in [0, 0.1) is 0 Å². The van der Waals surface area contributed by atoms with Gasteiger partial charge in [0.2, 0.25) is 0 Å². The molecule has 0 saturated heterocycles. The minimum atomic E-state index is -0.773. The maximum absolute atomic E-state index is 10.8. The lowest BCUT2D eigenvalue weighted by molar-refractivity contribution is -0.136. The van der Waals surface area contributed by atoms with Crippen LogP contribution in [-0.2, 0) is 17.8 Å². The molecule has 1 aromatic carbocycles. The molecule has 0 radical (unpaired) electrons. The Balaban J connectivity index is 1.78. The fraction of sp³-hybridized carbons (Fsp3) is 0.471. The highest BCUT2D eigenvalue weighted by atomic mass is 16.4. The molecule has 1 aromatic rings. The first kappa shape index (κ1) is 14.8. The average Bonchev–Trinajstić information content (AvgIpc) is 2.46. The molecule has 108 valence electrons. The largest absolute Gasteiger partial charge is 0.481 e. The van der Waals surface area contributed by atoms with E-state index in [1.807, 2.05) is 24.3 Å². The number of rotatable bonds is 7. The molecule has 1 aliphatic rings. The molecule has 0 heterocycles. The van der Waals surface area contributed by atoms with E-state index in [2.05, 4.69) is 11.4 Å². The maximum Gasteiger partial charge on any atom is 0.307 e. The molecule has 1 aliphatic carbocycles. The number of allylic oxidation sites excluding steroid dienone is 1. The van der Waals surface area contributed by atoms with E-state index in [9.17, 15) is 4.79 Å². The van der Waals surface area contributed by atoms with E-state index in [1.165, 1.54) is 25.7 Å². The van der Waals surface area contributed by atoms with Gasteiger partial charge in [0.05, 0.1) is 6.42 Å². The lowest BCUT2D eigenvalue weighted by atomic mass is 9.97. The minimum Gasteiger partial charge on any atom is -0.481 e. The van der Waals surface area contributed by atoms with E-state index >= 15 is 0 Å². The second-order valence-corrected chi connectivity index (χ2v) is 5.37. The van der Waals surface area contributed by atoms with Crippen LogP contribution in [0.5, 0.6) is 0 Å². The van der Waals surface area contributed by atoms with E-state index < -0.39 is 5.97 Å². The average molecular weight is 273 g/mol. The molecule has 0 atom stereocenters. The number of hydrogen-bond acceptors (Lipinski definition) is 2. The van der Waals surface area contributed by atoms with Crippen LogP contribution in [0.4, 0.5) is 0 Å². The van der Waals surface area contributed by atoms with E-state index in [1.54, 1.807) is 5.57 Å². The molecule has 0 amide bonds. The standard InChI is InChI=1S/C17H23NO2/c19-17(20)12-15-8-4-5-9-16(15)13-18-11-10-14-6-2-1-3-7-14/h4-6,8-9,18H,1-3,7,10-13H2,(H,19,20). The summed E-state index contributed by atoms with van der Waals surface area (Å²) >= 11 is 0. The lowest BCUT2D eigenvalue weighted by Gasteiger charge is -2.13. The molecule has 3 heteroatoms. The third-order valence-corrected chi connectivity index (χ3v) is 3.78. The molecule has 20 heavy (non-hydrogen) atoms. The zero-order valence-electron chi connectivity index (χ0n) is 11.9. The number of carboxylic acid groups (broad SMARTS) is 1. The van der Waals surface area contributed by atoms with Crippen LogP contribution in [0.2, 0.25) is 0 Å². The van der Waals surface area contributed by atoms with Crippen LogP contribution in [0.3, 0.4) is 0 Å². The lowest BCUT2D eigenvalue weighted by Crippen LogP contribution is -2.17. The molecule has 2 rings (SSSR count). The quantitative estimate of drug-likeness (QED) is 0.592. The highest BCUT2D eigenvalue weighted by Gasteiger charge is 2.06. The van der Waals surface area contributed by atoms with Crippen molar-refractivity contribution in [3.05, 3.63) is 47.0 Å². The fourth-order valence-electron chi connectivity index (χ4n) is 2.67. The molecule has 0 fully saturated rings. The Labute approximate surface area is 120 Å². The smallest absolute Gasteiger partial charge is 0.307 e. The number of carbonyl (C=O) groups is 1. The first-order valence-corrected chi connectivity index (χ1v) is 7.43. The molecule has 0 aromatic heterocycles. The van der Waals surface area contributed by atoms with Crippen LogP contribution >= 0.6 is 0 Å². The third-order valence-electron chi connectivity index (χ3n) is 3.78. The Hall–Kier alpha value is -1.61. The summed E-state index contributed by atoms with van der Waals surface area (Å²) in [6, 6.07) is 7.76. The molecule has 0 aliphatic heterocycles. The van der Waals surface area contributed by atoms with Gasteiger partial charge in [-0.05, 0) is 49.8 Å². The topological polar surface area (TPSA) is 49.3 Å². The van der Waals surface area contributed by atoms with E-state index in [0.717, 1.165) is 30.6 Å². The second-order valence-electron chi connectivity index (χ2n) is 5.37. The molecule has 0 unspecified atom stereocenters. The summed E-state index contributed by atoms with van der Waals surface area (Å²) in [4.78, 5) is 10.8. The number of benzene rings is 1. The van der Waals surface area contributed by atoms with E-state index in [4.69, 9.17) is 5.11 Å². The van der Waals surface area contributed by atoms with Crippen molar-refractivity contribution in [2.75, 3.05) is 6.54 Å². The van der Waals surface area contributed by atoms with Crippen molar-refractivity contribution in [1.29, 1.82) is 0 Å². The summed E-state index contributed by atoms with van der Waals surface area (Å²) < 4.78 is 0. The van der Waals surface area contributed by atoms with Gasteiger partial charge in [-0.25, -0.2) is 0 Å². The van der Waals surface area contributed by atoms with Gasteiger partial charge in [0, 0.05) is 6.54 Å². The summed E-state index contributed by atoms with van der Waals surface area (Å²) in [6.07, 6.45) is 8.73. The number of carboxylic acids is 1. The molecular weight excluding hydrogens is 250 g/mol. The van der Waals surface area contributed by atoms with Crippen molar-refractivity contribution in [3.8, 4) is 0 Å². The van der Waals surface area contributed by atoms with Crippen molar-refractivity contribution in [3.63, 3.8) is 0 Å². The Morgan fingerprint density at radius 2 is 2.00 bits per heavy atom. The summed E-state index contributed by atoms with van der Waals surface area (Å²) in [5.74, 6) is -0.773. The van der Waals surface area contributed by atoms with Crippen LogP contribution in [-0.4, -0.2) is 17.6 Å². The molecule has 0 spiro atoms. The van der Waals surface area contributed by atoms with Gasteiger partial charge < -0.3 is 10.4 Å². The summed E-state index contributed by atoms with van der Waals surface area (Å²) in [5, 5.41) is 12.3. The van der Waals surface area contributed by atoms with Crippen molar-refractivity contribution in [2.45, 2.75) is 45.1 Å². The van der Waals surface area contributed by atoms with Gasteiger partial charge in [-0.15, -0.1) is 0 Å². The number of nitrogens with one attached hydrogen (secondary N) is 1. The Kier molecular flexibility index (Phi) is 5.81. The Bertz CT molecular complexity index is 480. The summed E-state index contributed by atoms with van der Waals surface area (Å²) in [7, 11) is 0. The molecule has 0 saturated carbocycles. The van der Waals surface area contributed by atoms with Crippen molar-refractivity contribution >= 4 is 5.97 Å². The number of hydrogen-bond donors (Lipinski definition) is 2. The summed E-state index contributed by atoms with van der Waals surface area (Å²) in [6.45, 7) is 1.71. The van der Waals surface area contributed by atoms with Gasteiger partial charge >= 0.3 is 5.97 Å². The van der Waals surface area contributed by atoms with Crippen molar-refractivity contribution in [2.24, 2.45) is 0 Å². The summed E-state index contributed by atoms with van der Waals surface area (Å²) in [5.41, 5.74) is 3.57. The van der Waals surface area contributed by atoms with Gasteiger partial charge in [-0.2, -0.15) is 0 Å². The number of aliphatic carboxylic acids is 1. The van der Waals surface area contributed by atoms with Crippen LogP contribution in [0.1, 0.15) is 43.2 Å². The van der Waals surface area contributed by atoms with E-state index in [-0.39, 0.29) is 6.42 Å². The van der Waals surface area contributed by atoms with Crippen LogP contribution < -0.4 is 5.32 Å². The Morgan fingerprint density at radius 3 is 2.70 bits per heavy atom. The molecule has 0 bridgehead atoms. The second kappa shape index (κ2) is 7.85. The minimum absolute atomic E-state index is 0.100. The SMILES string of the molecule is O=C(O)Cc1ccccc1CNCCC1=CCCCC1. The van der Waals surface area contributed by atoms with Crippen molar-refractivity contribution in [1.82, 2.24) is 5.32 Å². The molecule has 2 N–H and O–H groups in total. The fourth-order valence-corrected chi connectivity index (χ4v) is 2.67. The first-order chi connectivity index (χ1) is 9.75. The molecule has 3 nitrogen and oxygen atoms in total. The zero-order chi connectivity index (χ0) is 14.2. The van der Waals surface area contributed by atoms with Gasteiger partial charge in [0.15, 0.2) is 0 Å². The van der Waals surface area contributed by atoms with Gasteiger partial charge in [-0.3, -0.25) is 4.79 Å². The van der Waals surface area contributed by atoms with E-state index in [0.29, 0.717) is 0 Å². The predicted octanol–water partition coefficient (Wildman–Crippen LogP) is 3.29.